The van der Waals surface area contributed by atoms with Crippen LogP contribution in [0.1, 0.15) is 15.9 Å². The second kappa shape index (κ2) is 8.05. The standard InChI is InChI=1S/C19H20N4O3S/c1-27(25,26)22-17-7-5-6-16(12-17)19(24)20-11-10-15-13-21-23(14-15)18-8-3-2-4-9-18/h2-9,12-14,22H,10-11H2,1H3,(H,20,24). The maximum Gasteiger partial charge on any atom is 0.251 e. The lowest BCUT2D eigenvalue weighted by Crippen LogP contribution is -2.25. The predicted octanol–water partition coefficient (Wildman–Crippen LogP) is 2.22. The molecule has 0 aliphatic rings. The Kier molecular flexibility index (Phi) is 5.56. The average molecular weight is 384 g/mol. The Labute approximate surface area is 158 Å². The maximum absolute atomic E-state index is 12.3. The number of rotatable bonds is 7. The van der Waals surface area contributed by atoms with Crippen LogP contribution in [0.25, 0.3) is 5.69 Å². The van der Waals surface area contributed by atoms with Gasteiger partial charge in [0.1, 0.15) is 0 Å². The first kappa shape index (κ1) is 18.7. The van der Waals surface area contributed by atoms with Crippen LogP contribution in [0.4, 0.5) is 5.69 Å². The molecule has 0 atom stereocenters. The molecule has 0 spiro atoms. The van der Waals surface area contributed by atoms with Crippen molar-refractivity contribution >= 4 is 21.6 Å². The fourth-order valence-corrected chi connectivity index (χ4v) is 3.13. The molecule has 1 heterocycles. The summed E-state index contributed by atoms with van der Waals surface area (Å²) >= 11 is 0. The van der Waals surface area contributed by atoms with E-state index in [1.165, 1.54) is 6.07 Å². The van der Waals surface area contributed by atoms with Gasteiger partial charge in [-0.15, -0.1) is 0 Å². The van der Waals surface area contributed by atoms with E-state index >= 15 is 0 Å². The summed E-state index contributed by atoms with van der Waals surface area (Å²) < 4.78 is 26.7. The molecule has 7 nitrogen and oxygen atoms in total. The van der Waals surface area contributed by atoms with Gasteiger partial charge >= 0.3 is 0 Å². The second-order valence-electron chi connectivity index (χ2n) is 6.09. The molecule has 0 fully saturated rings. The molecule has 0 saturated carbocycles. The van der Waals surface area contributed by atoms with Crippen LogP contribution in [0.5, 0.6) is 0 Å². The van der Waals surface area contributed by atoms with Gasteiger partial charge in [-0.1, -0.05) is 24.3 Å². The number of aromatic nitrogens is 2. The molecule has 2 N–H and O–H groups in total. The van der Waals surface area contributed by atoms with Crippen LogP contribution in [0, 0.1) is 0 Å². The highest BCUT2D eigenvalue weighted by Crippen LogP contribution is 2.12. The number of carbonyl (C=O) groups excluding carboxylic acids is 1. The van der Waals surface area contributed by atoms with Gasteiger partial charge in [-0.2, -0.15) is 5.10 Å². The summed E-state index contributed by atoms with van der Waals surface area (Å²) in [5.74, 6) is -0.261. The Morgan fingerprint density at radius 2 is 1.89 bits per heavy atom. The van der Waals surface area contributed by atoms with Crippen LogP contribution in [0.2, 0.25) is 0 Å². The molecule has 0 saturated heterocycles. The Hall–Kier alpha value is -3.13. The topological polar surface area (TPSA) is 93.1 Å². The molecule has 1 amide bonds. The van der Waals surface area contributed by atoms with Crippen LogP contribution < -0.4 is 10.0 Å². The van der Waals surface area contributed by atoms with E-state index in [1.54, 1.807) is 29.1 Å². The van der Waals surface area contributed by atoms with E-state index in [2.05, 4.69) is 15.1 Å². The van der Waals surface area contributed by atoms with Crippen molar-refractivity contribution in [3.05, 3.63) is 78.1 Å². The Morgan fingerprint density at radius 3 is 2.63 bits per heavy atom. The molecule has 3 rings (SSSR count). The first-order valence-electron chi connectivity index (χ1n) is 8.36. The molecular weight excluding hydrogens is 364 g/mol. The number of para-hydroxylation sites is 1. The van der Waals surface area contributed by atoms with Gasteiger partial charge in [0.05, 0.1) is 18.1 Å². The summed E-state index contributed by atoms with van der Waals surface area (Å²) in [5, 5.41) is 7.16. The molecule has 140 valence electrons. The molecule has 0 aliphatic heterocycles. The van der Waals surface area contributed by atoms with Gasteiger partial charge in [-0.25, -0.2) is 13.1 Å². The van der Waals surface area contributed by atoms with Crippen molar-refractivity contribution < 1.29 is 13.2 Å². The van der Waals surface area contributed by atoms with Gasteiger partial charge < -0.3 is 5.32 Å². The van der Waals surface area contributed by atoms with E-state index in [4.69, 9.17) is 0 Å². The molecule has 8 heteroatoms. The molecule has 0 aliphatic carbocycles. The minimum absolute atomic E-state index is 0.261. The summed E-state index contributed by atoms with van der Waals surface area (Å²) in [4.78, 5) is 12.3. The molecule has 0 unspecified atom stereocenters. The van der Waals surface area contributed by atoms with Crippen LogP contribution in [-0.2, 0) is 16.4 Å². The Morgan fingerprint density at radius 1 is 1.11 bits per heavy atom. The number of anilines is 1. The number of sulfonamides is 1. The Balaban J connectivity index is 1.56. The van der Waals surface area contributed by atoms with Gasteiger partial charge in [-0.3, -0.25) is 9.52 Å². The summed E-state index contributed by atoms with van der Waals surface area (Å²) in [6.45, 7) is 0.447. The van der Waals surface area contributed by atoms with Crippen molar-refractivity contribution in [2.75, 3.05) is 17.5 Å². The summed E-state index contributed by atoms with van der Waals surface area (Å²) in [7, 11) is -3.38. The van der Waals surface area contributed by atoms with Crippen LogP contribution in [0.15, 0.2) is 67.0 Å². The van der Waals surface area contributed by atoms with E-state index in [0.717, 1.165) is 17.5 Å². The van der Waals surface area contributed by atoms with Crippen molar-refractivity contribution in [3.63, 3.8) is 0 Å². The molecule has 0 bridgehead atoms. The number of carbonyl (C=O) groups is 1. The zero-order valence-corrected chi connectivity index (χ0v) is 15.6. The molecule has 3 aromatic rings. The zero-order chi connectivity index (χ0) is 19.3. The first-order chi connectivity index (χ1) is 12.9. The molecule has 0 radical (unpaired) electrons. The highest BCUT2D eigenvalue weighted by atomic mass is 32.2. The number of benzene rings is 2. The third-order valence-corrected chi connectivity index (χ3v) is 4.39. The molecule has 1 aromatic heterocycles. The van der Waals surface area contributed by atoms with Crippen molar-refractivity contribution in [2.45, 2.75) is 6.42 Å². The average Bonchev–Trinajstić information content (AvgIpc) is 3.10. The van der Waals surface area contributed by atoms with Crippen molar-refractivity contribution in [1.29, 1.82) is 0 Å². The minimum atomic E-state index is -3.38. The molecule has 27 heavy (non-hydrogen) atoms. The molecule has 2 aromatic carbocycles. The van der Waals surface area contributed by atoms with E-state index in [1.807, 2.05) is 36.5 Å². The summed E-state index contributed by atoms with van der Waals surface area (Å²) in [5.41, 5.74) is 2.73. The van der Waals surface area contributed by atoms with Gasteiger partial charge in [0.2, 0.25) is 10.0 Å². The van der Waals surface area contributed by atoms with E-state index in [9.17, 15) is 13.2 Å². The van der Waals surface area contributed by atoms with E-state index in [0.29, 0.717) is 24.2 Å². The van der Waals surface area contributed by atoms with Gasteiger partial charge in [0.25, 0.3) is 5.91 Å². The highest BCUT2D eigenvalue weighted by molar-refractivity contribution is 7.92. The summed E-state index contributed by atoms with van der Waals surface area (Å²) in [6.07, 6.45) is 5.41. The van der Waals surface area contributed by atoms with Crippen LogP contribution >= 0.6 is 0 Å². The van der Waals surface area contributed by atoms with Crippen LogP contribution in [0.3, 0.4) is 0 Å². The minimum Gasteiger partial charge on any atom is -0.352 e. The number of nitrogens with zero attached hydrogens (tertiary/aromatic N) is 2. The third-order valence-electron chi connectivity index (χ3n) is 3.78. The fraction of sp³-hybridized carbons (Fsp3) is 0.158. The SMILES string of the molecule is CS(=O)(=O)Nc1cccc(C(=O)NCCc2cnn(-c3ccccc3)c2)c1. The fourth-order valence-electron chi connectivity index (χ4n) is 2.57. The normalized spacial score (nSPS) is 11.1. The van der Waals surface area contributed by atoms with Crippen molar-refractivity contribution in [1.82, 2.24) is 15.1 Å². The van der Waals surface area contributed by atoms with Crippen molar-refractivity contribution in [3.8, 4) is 5.69 Å². The number of nitrogens with one attached hydrogen (secondary N) is 2. The van der Waals surface area contributed by atoms with E-state index < -0.39 is 10.0 Å². The monoisotopic (exact) mass is 384 g/mol. The van der Waals surface area contributed by atoms with E-state index in [-0.39, 0.29) is 5.91 Å². The lowest BCUT2D eigenvalue weighted by molar-refractivity contribution is 0.0954. The zero-order valence-electron chi connectivity index (χ0n) is 14.8. The smallest absolute Gasteiger partial charge is 0.251 e. The van der Waals surface area contributed by atoms with Gasteiger partial charge in [-0.05, 0) is 42.3 Å². The molecular formula is C19H20N4O3S. The quantitative estimate of drug-likeness (QED) is 0.653. The highest BCUT2D eigenvalue weighted by Gasteiger charge is 2.08. The maximum atomic E-state index is 12.3. The van der Waals surface area contributed by atoms with Crippen molar-refractivity contribution in [2.24, 2.45) is 0 Å². The second-order valence-corrected chi connectivity index (χ2v) is 7.84. The number of amides is 1. The predicted molar refractivity (Wildman–Crippen MR) is 105 cm³/mol. The third kappa shape index (κ3) is 5.42. The van der Waals surface area contributed by atoms with Crippen LogP contribution in [-0.4, -0.2) is 36.9 Å². The first-order valence-corrected chi connectivity index (χ1v) is 10.2. The van der Waals surface area contributed by atoms with Gasteiger partial charge in [0, 0.05) is 24.0 Å². The Bertz CT molecular complexity index is 1030. The largest absolute Gasteiger partial charge is 0.352 e. The number of hydrogen-bond donors (Lipinski definition) is 2. The lowest BCUT2D eigenvalue weighted by Gasteiger charge is -2.07. The lowest BCUT2D eigenvalue weighted by atomic mass is 10.2. The summed E-state index contributed by atoms with van der Waals surface area (Å²) in [6, 6.07) is 16.1. The number of hydrogen-bond acceptors (Lipinski definition) is 4. The van der Waals surface area contributed by atoms with Gasteiger partial charge in [0.15, 0.2) is 0 Å².